The number of anilines is 3. The first-order chi connectivity index (χ1) is 26.9. The quantitative estimate of drug-likeness (QED) is 0.110. The molecule has 56 heavy (non-hydrogen) atoms. The second-order valence-corrected chi connectivity index (χ2v) is 28.1. The van der Waals surface area contributed by atoms with Gasteiger partial charge in [-0.15, -0.1) is 0 Å². The lowest BCUT2D eigenvalue weighted by Crippen LogP contribution is -2.52. The second-order valence-electron chi connectivity index (χ2n) is 17.9. The van der Waals surface area contributed by atoms with Gasteiger partial charge in [-0.25, -0.2) is 0 Å². The van der Waals surface area contributed by atoms with Crippen LogP contribution in [0.15, 0.2) is 158 Å². The number of hydrogen-bond acceptors (Lipinski definition) is 1. The minimum absolute atomic E-state index is 0.0670. The van der Waals surface area contributed by atoms with E-state index in [1.807, 2.05) is 0 Å². The molecule has 0 unspecified atom stereocenters. The zero-order chi connectivity index (χ0) is 38.9. The van der Waals surface area contributed by atoms with Crippen molar-refractivity contribution in [3.63, 3.8) is 0 Å². The molecule has 0 N–H and O–H groups in total. The summed E-state index contributed by atoms with van der Waals surface area (Å²) in [7, 11) is -2.95. The summed E-state index contributed by atoms with van der Waals surface area (Å²) in [6.45, 7) is 19.2. The van der Waals surface area contributed by atoms with Crippen LogP contribution in [-0.4, -0.2) is 22.9 Å². The Morgan fingerprint density at radius 2 is 0.911 bits per heavy atom. The molecule has 9 rings (SSSR count). The molecule has 9 aromatic carbocycles. The fraction of sp³-hybridized carbons (Fsp3) is 0.154. The Morgan fingerprint density at radius 1 is 0.411 bits per heavy atom. The van der Waals surface area contributed by atoms with Crippen molar-refractivity contribution >= 4 is 110 Å². The first-order valence-corrected chi connectivity index (χ1v) is 27.1. The molecule has 0 aliphatic rings. The van der Waals surface area contributed by atoms with E-state index in [-0.39, 0.29) is 6.71 Å². The van der Waals surface area contributed by atoms with Crippen LogP contribution in [0.2, 0.25) is 39.3 Å². The minimum atomic E-state index is -1.47. The van der Waals surface area contributed by atoms with Gasteiger partial charge in [0.15, 0.2) is 0 Å². The van der Waals surface area contributed by atoms with Crippen LogP contribution in [0, 0.1) is 13.8 Å². The number of aryl methyl sites for hydroxylation is 2. The van der Waals surface area contributed by atoms with Gasteiger partial charge in [0.25, 0.3) is 0 Å². The van der Waals surface area contributed by atoms with Gasteiger partial charge in [0.1, 0.15) is 0 Å². The normalized spacial score (nSPS) is 12.3. The largest absolute Gasteiger partial charge is 0.310 e. The third kappa shape index (κ3) is 6.16. The van der Waals surface area contributed by atoms with Crippen LogP contribution in [0.4, 0.5) is 17.1 Å². The highest BCUT2D eigenvalue weighted by Gasteiger charge is 2.29. The summed E-state index contributed by atoms with van der Waals surface area (Å²) in [5, 5.41) is 13.5. The van der Waals surface area contributed by atoms with E-state index in [9.17, 15) is 0 Å². The van der Waals surface area contributed by atoms with Crippen LogP contribution in [0.3, 0.4) is 0 Å². The van der Waals surface area contributed by atoms with Crippen molar-refractivity contribution in [3.05, 3.63) is 169 Å². The third-order valence-corrected chi connectivity index (χ3v) is 16.3. The van der Waals surface area contributed by atoms with Crippen molar-refractivity contribution in [2.45, 2.75) is 53.1 Å². The van der Waals surface area contributed by atoms with Gasteiger partial charge in [-0.2, -0.15) is 0 Å². The van der Waals surface area contributed by atoms with E-state index >= 15 is 0 Å². The number of hydrogen-bond donors (Lipinski definition) is 0. The Kier molecular flexibility index (Phi) is 8.83. The molecule has 1 nitrogen and oxygen atoms in total. The van der Waals surface area contributed by atoms with E-state index in [4.69, 9.17) is 0 Å². The molecular weight excluding hydrogens is 706 g/mol. The molecule has 0 saturated carbocycles. The number of rotatable bonds is 8. The number of benzene rings is 9. The number of fused-ring (bicyclic) bond motifs is 1. The van der Waals surface area contributed by atoms with Crippen LogP contribution >= 0.6 is 0 Å². The predicted octanol–water partition coefficient (Wildman–Crippen LogP) is 11.4. The van der Waals surface area contributed by atoms with Crippen molar-refractivity contribution in [1.29, 1.82) is 0 Å². The Balaban J connectivity index is 1.34. The molecule has 0 bridgehead atoms. The summed E-state index contributed by atoms with van der Waals surface area (Å²) in [6.07, 6.45) is 0. The van der Waals surface area contributed by atoms with E-state index in [1.165, 1.54) is 98.0 Å². The van der Waals surface area contributed by atoms with E-state index in [0.29, 0.717) is 0 Å². The molecule has 4 heteroatoms. The minimum Gasteiger partial charge on any atom is -0.310 e. The molecule has 0 saturated heterocycles. The molecule has 0 aromatic heterocycles. The van der Waals surface area contributed by atoms with E-state index in [1.54, 1.807) is 0 Å². The SMILES string of the molecule is Cc1cc(B(c2ccccc2)c2cccc3ccccc23)c2ccc3c(C)cc(N(c4ccc([Si](C)(C)C)cc4)c4ccc([Si](C)(C)C)cc4)c4ccc1c2c34. The van der Waals surface area contributed by atoms with E-state index in [2.05, 4.69) is 216 Å². The molecule has 9 aromatic rings. The molecule has 0 fully saturated rings. The van der Waals surface area contributed by atoms with Crippen LogP contribution in [0.1, 0.15) is 11.1 Å². The maximum absolute atomic E-state index is 2.51. The Morgan fingerprint density at radius 3 is 1.52 bits per heavy atom. The Bertz CT molecular complexity index is 2820. The average molecular weight is 756 g/mol. The maximum Gasteiger partial charge on any atom is 0.242 e. The van der Waals surface area contributed by atoms with Gasteiger partial charge < -0.3 is 4.90 Å². The monoisotopic (exact) mass is 755 g/mol. The fourth-order valence-corrected chi connectivity index (χ4v) is 11.4. The summed E-state index contributed by atoms with van der Waals surface area (Å²) in [6, 6.07) is 60.2. The molecule has 0 radical (unpaired) electrons. The summed E-state index contributed by atoms with van der Waals surface area (Å²) in [4.78, 5) is 2.51. The van der Waals surface area contributed by atoms with Gasteiger partial charge in [-0.05, 0) is 93.0 Å². The van der Waals surface area contributed by atoms with Gasteiger partial charge in [-0.1, -0.05) is 193 Å². The highest BCUT2D eigenvalue weighted by Crippen LogP contribution is 2.45. The summed E-state index contributed by atoms with van der Waals surface area (Å²) in [5.41, 5.74) is 10.2. The lowest BCUT2D eigenvalue weighted by Gasteiger charge is -2.30. The van der Waals surface area contributed by atoms with Gasteiger partial charge in [0.2, 0.25) is 6.71 Å². The maximum atomic E-state index is 2.51. The van der Waals surface area contributed by atoms with Gasteiger partial charge in [0.05, 0.1) is 21.8 Å². The van der Waals surface area contributed by atoms with Gasteiger partial charge in [-0.3, -0.25) is 0 Å². The second kappa shape index (κ2) is 13.7. The molecule has 0 aliphatic heterocycles. The van der Waals surface area contributed by atoms with Crippen LogP contribution in [0.5, 0.6) is 0 Å². The molecule has 274 valence electrons. The van der Waals surface area contributed by atoms with Crippen molar-refractivity contribution in [2.24, 2.45) is 0 Å². The Hall–Kier alpha value is -5.42. The van der Waals surface area contributed by atoms with E-state index < -0.39 is 16.1 Å². The topological polar surface area (TPSA) is 3.24 Å². The van der Waals surface area contributed by atoms with E-state index in [0.717, 1.165) is 0 Å². The Labute approximate surface area is 335 Å². The lowest BCUT2D eigenvalue weighted by molar-refractivity contribution is 1.29. The third-order valence-electron chi connectivity index (χ3n) is 12.1. The lowest BCUT2D eigenvalue weighted by atomic mass is 9.35. The fourth-order valence-electron chi connectivity index (χ4n) is 9.10. The summed E-state index contributed by atoms with van der Waals surface area (Å²) >= 11 is 0. The van der Waals surface area contributed by atoms with Crippen molar-refractivity contribution in [3.8, 4) is 0 Å². The number of nitrogens with zero attached hydrogens (tertiary/aromatic N) is 1. The highest BCUT2D eigenvalue weighted by atomic mass is 28.3. The van der Waals surface area contributed by atoms with Crippen molar-refractivity contribution < 1.29 is 0 Å². The highest BCUT2D eigenvalue weighted by molar-refractivity contribution is 6.98. The predicted molar refractivity (Wildman–Crippen MR) is 255 cm³/mol. The first-order valence-electron chi connectivity index (χ1n) is 20.1. The molecule has 0 heterocycles. The molecule has 0 aliphatic carbocycles. The molecule has 0 atom stereocenters. The average Bonchev–Trinajstić information content (AvgIpc) is 3.19. The smallest absolute Gasteiger partial charge is 0.242 e. The summed E-state index contributed by atoms with van der Waals surface area (Å²) in [5.74, 6) is 0. The molecule has 0 spiro atoms. The zero-order valence-electron chi connectivity index (χ0n) is 34.0. The van der Waals surface area contributed by atoms with Crippen molar-refractivity contribution in [1.82, 2.24) is 0 Å². The molecule has 0 amide bonds. The first kappa shape index (κ1) is 36.2. The zero-order valence-corrected chi connectivity index (χ0v) is 36.0. The van der Waals surface area contributed by atoms with Gasteiger partial charge >= 0.3 is 0 Å². The van der Waals surface area contributed by atoms with Crippen LogP contribution in [-0.2, 0) is 0 Å². The van der Waals surface area contributed by atoms with Crippen LogP contribution < -0.4 is 31.7 Å². The summed E-state index contributed by atoms with van der Waals surface area (Å²) < 4.78 is 0. The van der Waals surface area contributed by atoms with Crippen molar-refractivity contribution in [2.75, 3.05) is 4.90 Å². The van der Waals surface area contributed by atoms with Gasteiger partial charge in [0, 0.05) is 16.8 Å². The molecular formula is C52H50BNSi2. The van der Waals surface area contributed by atoms with Crippen LogP contribution in [0.25, 0.3) is 43.1 Å². The standard InChI is InChI=1S/C52H50BNSi2/c1-35-33-49(53(38-17-10-9-11-18-38)48-20-14-16-37-15-12-13-19-45(37)48)46-31-29-44-36(2)34-50(47-32-30-43(35)51(46)52(44)47)54(39-21-25-41(26-22-39)55(3,4)5)40-23-27-42(28-24-40)56(6,7)8/h9-34H,1-8H3.